The van der Waals surface area contributed by atoms with Crippen molar-refractivity contribution in [3.05, 3.63) is 34.9 Å². The third-order valence-electron chi connectivity index (χ3n) is 4.55. The molecule has 1 aliphatic carbocycles. The SMILES string of the molecule is Cc1ccc(C2(C3CCNC3)CC2)c(C)c1. The first-order valence-corrected chi connectivity index (χ1v) is 6.51. The van der Waals surface area contributed by atoms with Gasteiger partial charge in [-0.15, -0.1) is 0 Å². The molecule has 86 valence electrons. The molecule has 3 rings (SSSR count). The fourth-order valence-electron chi connectivity index (χ4n) is 3.53. The summed E-state index contributed by atoms with van der Waals surface area (Å²) in [5.74, 6) is 0.883. The zero-order valence-electron chi connectivity index (χ0n) is 10.3. The number of benzene rings is 1. The number of nitrogens with one attached hydrogen (secondary N) is 1. The van der Waals surface area contributed by atoms with Crippen LogP contribution in [0, 0.1) is 19.8 Å². The van der Waals surface area contributed by atoms with E-state index in [9.17, 15) is 0 Å². The van der Waals surface area contributed by atoms with E-state index in [0.717, 1.165) is 5.92 Å². The van der Waals surface area contributed by atoms with E-state index in [2.05, 4.69) is 37.4 Å². The van der Waals surface area contributed by atoms with Gasteiger partial charge in [0.2, 0.25) is 0 Å². The van der Waals surface area contributed by atoms with Crippen LogP contribution in [0.15, 0.2) is 18.2 Å². The standard InChI is InChI=1S/C15H21N/c1-11-3-4-14(12(2)9-11)15(6-7-15)13-5-8-16-10-13/h3-4,9,13,16H,5-8,10H2,1-2H3. The summed E-state index contributed by atoms with van der Waals surface area (Å²) >= 11 is 0. The molecule has 1 nitrogen and oxygen atoms in total. The average molecular weight is 215 g/mol. The number of hydrogen-bond acceptors (Lipinski definition) is 1. The van der Waals surface area contributed by atoms with Gasteiger partial charge in [0.15, 0.2) is 0 Å². The molecule has 1 aliphatic heterocycles. The fraction of sp³-hybridized carbons (Fsp3) is 0.600. The molecule has 0 radical (unpaired) electrons. The van der Waals surface area contributed by atoms with Crippen molar-refractivity contribution in [2.45, 2.75) is 38.5 Å². The maximum absolute atomic E-state index is 3.52. The molecule has 1 unspecified atom stereocenters. The van der Waals surface area contributed by atoms with Gasteiger partial charge >= 0.3 is 0 Å². The third kappa shape index (κ3) is 1.49. The van der Waals surface area contributed by atoms with Gasteiger partial charge in [-0.3, -0.25) is 0 Å². The molecule has 1 saturated heterocycles. The quantitative estimate of drug-likeness (QED) is 0.800. The molecule has 1 aromatic carbocycles. The minimum Gasteiger partial charge on any atom is -0.316 e. The Morgan fingerprint density at radius 2 is 2.06 bits per heavy atom. The second-order valence-electron chi connectivity index (χ2n) is 5.66. The van der Waals surface area contributed by atoms with E-state index in [1.165, 1.54) is 43.5 Å². The lowest BCUT2D eigenvalue weighted by atomic mass is 9.80. The Morgan fingerprint density at radius 1 is 1.25 bits per heavy atom. The van der Waals surface area contributed by atoms with Crippen molar-refractivity contribution in [3.8, 4) is 0 Å². The molecular formula is C15H21N. The first kappa shape index (κ1) is 10.3. The van der Waals surface area contributed by atoms with Crippen LogP contribution in [-0.4, -0.2) is 13.1 Å². The van der Waals surface area contributed by atoms with E-state index >= 15 is 0 Å². The van der Waals surface area contributed by atoms with Gasteiger partial charge in [0.05, 0.1) is 0 Å². The Labute approximate surface area is 98.3 Å². The molecule has 1 atom stereocenters. The van der Waals surface area contributed by atoms with Crippen molar-refractivity contribution < 1.29 is 0 Å². The lowest BCUT2D eigenvalue weighted by molar-refractivity contribution is 0.438. The molecule has 1 saturated carbocycles. The van der Waals surface area contributed by atoms with Crippen LogP contribution in [-0.2, 0) is 5.41 Å². The molecule has 1 heterocycles. The van der Waals surface area contributed by atoms with Crippen LogP contribution in [0.2, 0.25) is 0 Å². The zero-order chi connectivity index (χ0) is 11.2. The Bertz CT molecular complexity index is 398. The Hall–Kier alpha value is -0.820. The normalized spacial score (nSPS) is 27.0. The fourth-order valence-corrected chi connectivity index (χ4v) is 3.53. The molecule has 2 fully saturated rings. The van der Waals surface area contributed by atoms with Gasteiger partial charge in [0.1, 0.15) is 0 Å². The summed E-state index contributed by atoms with van der Waals surface area (Å²) in [5.41, 5.74) is 5.07. The predicted molar refractivity (Wildman–Crippen MR) is 67.8 cm³/mol. The Morgan fingerprint density at radius 3 is 2.62 bits per heavy atom. The lowest BCUT2D eigenvalue weighted by Gasteiger charge is -2.24. The summed E-state index contributed by atoms with van der Waals surface area (Å²) in [6.45, 7) is 6.92. The number of aryl methyl sites for hydroxylation is 2. The van der Waals surface area contributed by atoms with E-state index in [-0.39, 0.29) is 0 Å². The van der Waals surface area contributed by atoms with E-state index in [4.69, 9.17) is 0 Å². The van der Waals surface area contributed by atoms with Crippen LogP contribution >= 0.6 is 0 Å². The van der Waals surface area contributed by atoms with Crippen LogP contribution in [0.1, 0.15) is 36.0 Å². The Kier molecular flexibility index (Phi) is 2.32. The lowest BCUT2D eigenvalue weighted by Crippen LogP contribution is -2.23. The monoisotopic (exact) mass is 215 g/mol. The van der Waals surface area contributed by atoms with Gasteiger partial charge in [-0.05, 0) is 68.7 Å². The molecule has 0 spiro atoms. The van der Waals surface area contributed by atoms with Crippen LogP contribution in [0.4, 0.5) is 0 Å². The van der Waals surface area contributed by atoms with Crippen LogP contribution in [0.3, 0.4) is 0 Å². The number of hydrogen-bond donors (Lipinski definition) is 1. The summed E-state index contributed by atoms with van der Waals surface area (Å²) < 4.78 is 0. The van der Waals surface area contributed by atoms with Crippen LogP contribution in [0.5, 0.6) is 0 Å². The smallest absolute Gasteiger partial charge is 0.000294 e. The molecule has 1 N–H and O–H groups in total. The maximum atomic E-state index is 3.52. The van der Waals surface area contributed by atoms with Gasteiger partial charge in [-0.1, -0.05) is 23.8 Å². The highest BCUT2D eigenvalue weighted by atomic mass is 14.9. The van der Waals surface area contributed by atoms with Crippen molar-refractivity contribution in [3.63, 3.8) is 0 Å². The summed E-state index contributed by atoms with van der Waals surface area (Å²) in [5, 5.41) is 3.52. The average Bonchev–Trinajstić information content (AvgIpc) is 2.87. The predicted octanol–water partition coefficient (Wildman–Crippen LogP) is 2.94. The summed E-state index contributed by atoms with van der Waals surface area (Å²) in [4.78, 5) is 0. The molecule has 16 heavy (non-hydrogen) atoms. The van der Waals surface area contributed by atoms with Crippen molar-refractivity contribution in [1.29, 1.82) is 0 Å². The summed E-state index contributed by atoms with van der Waals surface area (Å²) in [7, 11) is 0. The topological polar surface area (TPSA) is 12.0 Å². The maximum Gasteiger partial charge on any atom is -0.000294 e. The van der Waals surface area contributed by atoms with Gasteiger partial charge in [-0.2, -0.15) is 0 Å². The second-order valence-corrected chi connectivity index (χ2v) is 5.66. The van der Waals surface area contributed by atoms with Crippen molar-refractivity contribution in [2.75, 3.05) is 13.1 Å². The highest BCUT2D eigenvalue weighted by Gasteiger charge is 2.51. The van der Waals surface area contributed by atoms with E-state index < -0.39 is 0 Å². The largest absolute Gasteiger partial charge is 0.316 e. The number of rotatable bonds is 2. The minimum absolute atomic E-state index is 0.543. The van der Waals surface area contributed by atoms with Gasteiger partial charge < -0.3 is 5.32 Å². The summed E-state index contributed by atoms with van der Waals surface area (Å²) in [6, 6.07) is 7.01. The zero-order valence-corrected chi connectivity index (χ0v) is 10.3. The van der Waals surface area contributed by atoms with Crippen LogP contribution < -0.4 is 5.32 Å². The highest BCUT2D eigenvalue weighted by Crippen LogP contribution is 2.56. The van der Waals surface area contributed by atoms with Crippen LogP contribution in [0.25, 0.3) is 0 Å². The molecular weight excluding hydrogens is 194 g/mol. The highest BCUT2D eigenvalue weighted by molar-refractivity contribution is 5.41. The Balaban J connectivity index is 1.96. The van der Waals surface area contributed by atoms with Crippen molar-refractivity contribution in [1.82, 2.24) is 5.32 Å². The minimum atomic E-state index is 0.543. The molecule has 2 aliphatic rings. The van der Waals surface area contributed by atoms with E-state index in [1.54, 1.807) is 5.56 Å². The molecule has 0 amide bonds. The first-order chi connectivity index (χ1) is 7.72. The van der Waals surface area contributed by atoms with Gasteiger partial charge in [-0.25, -0.2) is 0 Å². The summed E-state index contributed by atoms with van der Waals surface area (Å²) in [6.07, 6.45) is 4.18. The van der Waals surface area contributed by atoms with Crippen molar-refractivity contribution in [2.24, 2.45) is 5.92 Å². The first-order valence-electron chi connectivity index (χ1n) is 6.51. The van der Waals surface area contributed by atoms with Gasteiger partial charge in [0, 0.05) is 0 Å². The second kappa shape index (κ2) is 3.59. The van der Waals surface area contributed by atoms with E-state index in [0.29, 0.717) is 5.41 Å². The third-order valence-corrected chi connectivity index (χ3v) is 4.55. The molecule has 1 aromatic rings. The molecule has 0 aromatic heterocycles. The van der Waals surface area contributed by atoms with E-state index in [1.807, 2.05) is 0 Å². The van der Waals surface area contributed by atoms with Gasteiger partial charge in [0.25, 0.3) is 0 Å². The van der Waals surface area contributed by atoms with Crippen molar-refractivity contribution >= 4 is 0 Å². The molecule has 0 bridgehead atoms. The molecule has 1 heteroatoms.